The van der Waals surface area contributed by atoms with Crippen LogP contribution in [0.3, 0.4) is 0 Å². The highest BCUT2D eigenvalue weighted by atomic mass is 31.1. The SMILES string of the molecule is O=C1O[C@H]([C@H](COP(c2ccccc2)c2ccccc2)OP(c2ccccc2)c2ccccc2)C(O)=C1OCc1ccccc1. The Bertz CT molecular complexity index is 1610. The summed E-state index contributed by atoms with van der Waals surface area (Å²) in [4.78, 5) is 13.1. The first-order valence-electron chi connectivity index (χ1n) is 14.6. The van der Waals surface area contributed by atoms with Crippen LogP contribution in [0.4, 0.5) is 0 Å². The molecule has 0 saturated heterocycles. The van der Waals surface area contributed by atoms with Gasteiger partial charge in [0.05, 0.1) is 22.9 Å². The summed E-state index contributed by atoms with van der Waals surface area (Å²) in [5.41, 5.74) is 0.859. The number of rotatable bonds is 13. The molecular formula is C37H32O6P2. The fourth-order valence-electron chi connectivity index (χ4n) is 4.85. The third kappa shape index (κ3) is 7.68. The summed E-state index contributed by atoms with van der Waals surface area (Å²) in [6.45, 7) is 0.153. The van der Waals surface area contributed by atoms with Crippen molar-refractivity contribution in [3.8, 4) is 0 Å². The topological polar surface area (TPSA) is 74.2 Å². The molecule has 1 N–H and O–H groups in total. The van der Waals surface area contributed by atoms with Gasteiger partial charge in [-0.2, -0.15) is 0 Å². The minimum absolute atomic E-state index is 0.0436. The predicted molar refractivity (Wildman–Crippen MR) is 180 cm³/mol. The van der Waals surface area contributed by atoms with E-state index in [4.69, 9.17) is 18.5 Å². The Hall–Kier alpha value is -4.31. The van der Waals surface area contributed by atoms with Gasteiger partial charge in [-0.25, -0.2) is 4.79 Å². The van der Waals surface area contributed by atoms with Gasteiger partial charge in [-0.05, 0) is 5.56 Å². The van der Waals surface area contributed by atoms with Gasteiger partial charge in [0.2, 0.25) is 5.76 Å². The molecule has 45 heavy (non-hydrogen) atoms. The standard InChI is InChI=1S/C37H32O6P2/c38-34-35(42-37(39)36(34)40-26-28-16-6-1-7-17-28)33(43-45(31-22-12-4-13-23-31)32-24-14-5-15-25-32)27-41-44(29-18-8-2-9-19-29)30-20-10-3-11-21-30/h1-25,33,35,38H,26-27H2/t33-,35+/m0/s1. The molecule has 0 radical (unpaired) electrons. The number of aliphatic hydroxyl groups excluding tert-OH is 1. The Kier molecular flexibility index (Phi) is 10.3. The van der Waals surface area contributed by atoms with Gasteiger partial charge >= 0.3 is 5.97 Å². The molecule has 2 atom stereocenters. The van der Waals surface area contributed by atoms with E-state index in [9.17, 15) is 9.90 Å². The van der Waals surface area contributed by atoms with Crippen LogP contribution < -0.4 is 21.2 Å². The molecule has 0 bridgehead atoms. The van der Waals surface area contributed by atoms with Crippen LogP contribution in [0, 0.1) is 0 Å². The maximum atomic E-state index is 13.1. The van der Waals surface area contributed by atoms with Gasteiger partial charge in [-0.1, -0.05) is 152 Å². The molecule has 0 aromatic heterocycles. The molecule has 5 aromatic carbocycles. The highest BCUT2D eigenvalue weighted by Crippen LogP contribution is 2.42. The molecule has 0 amide bonds. The van der Waals surface area contributed by atoms with Crippen LogP contribution in [0.1, 0.15) is 5.56 Å². The minimum Gasteiger partial charge on any atom is -0.505 e. The highest BCUT2D eigenvalue weighted by molar-refractivity contribution is 7.69. The molecule has 0 saturated carbocycles. The first-order chi connectivity index (χ1) is 22.2. The minimum atomic E-state index is -1.38. The average Bonchev–Trinajstić information content (AvgIpc) is 3.39. The van der Waals surface area contributed by atoms with Crippen molar-refractivity contribution in [2.75, 3.05) is 6.61 Å². The van der Waals surface area contributed by atoms with E-state index in [1.807, 2.05) is 152 Å². The molecule has 8 heteroatoms. The zero-order valence-electron chi connectivity index (χ0n) is 24.4. The second-order valence-electron chi connectivity index (χ2n) is 10.2. The van der Waals surface area contributed by atoms with Crippen LogP contribution in [0.5, 0.6) is 0 Å². The Labute approximate surface area is 265 Å². The van der Waals surface area contributed by atoms with Crippen LogP contribution in [-0.2, 0) is 29.9 Å². The van der Waals surface area contributed by atoms with E-state index in [-0.39, 0.29) is 24.7 Å². The number of carbonyl (C=O) groups excluding carboxylic acids is 1. The lowest BCUT2D eigenvalue weighted by molar-refractivity contribution is -0.147. The predicted octanol–water partition coefficient (Wildman–Crippen LogP) is 6.40. The number of esters is 1. The molecule has 1 aliphatic rings. The van der Waals surface area contributed by atoms with Gasteiger partial charge in [0.15, 0.2) is 11.9 Å². The maximum Gasteiger partial charge on any atom is 0.378 e. The first-order valence-corrected chi connectivity index (χ1v) is 17.1. The molecule has 1 aliphatic heterocycles. The van der Waals surface area contributed by atoms with Crippen LogP contribution >= 0.6 is 16.3 Å². The van der Waals surface area contributed by atoms with Crippen molar-refractivity contribution in [3.63, 3.8) is 0 Å². The summed E-state index contributed by atoms with van der Waals surface area (Å²) >= 11 is 0. The molecule has 0 aliphatic carbocycles. The van der Waals surface area contributed by atoms with E-state index >= 15 is 0 Å². The Morgan fingerprint density at radius 2 is 1.04 bits per heavy atom. The molecule has 6 rings (SSSR count). The van der Waals surface area contributed by atoms with E-state index in [2.05, 4.69) is 0 Å². The largest absolute Gasteiger partial charge is 0.505 e. The maximum absolute atomic E-state index is 13.1. The van der Waals surface area contributed by atoms with Crippen molar-refractivity contribution in [2.45, 2.75) is 18.8 Å². The molecule has 1 heterocycles. The number of hydrogen-bond donors (Lipinski definition) is 1. The number of hydrogen-bond acceptors (Lipinski definition) is 6. The second kappa shape index (κ2) is 15.1. The summed E-state index contributed by atoms with van der Waals surface area (Å²) in [7, 11) is -2.62. The number of aliphatic hydroxyl groups is 1. The number of cyclic esters (lactones) is 1. The number of ether oxygens (including phenoxy) is 2. The first kappa shape index (κ1) is 30.7. The molecule has 226 valence electrons. The van der Waals surface area contributed by atoms with Crippen LogP contribution in [0.15, 0.2) is 163 Å². The van der Waals surface area contributed by atoms with Gasteiger partial charge < -0.3 is 23.6 Å². The fraction of sp³-hybridized carbons (Fsp3) is 0.108. The van der Waals surface area contributed by atoms with E-state index in [1.54, 1.807) is 0 Å². The van der Waals surface area contributed by atoms with Gasteiger partial charge in [-0.3, -0.25) is 0 Å². The quantitative estimate of drug-likeness (QED) is 0.120. The fourth-order valence-corrected chi connectivity index (χ4v) is 8.50. The zero-order valence-corrected chi connectivity index (χ0v) is 26.2. The third-order valence-corrected chi connectivity index (χ3v) is 11.0. The van der Waals surface area contributed by atoms with Gasteiger partial charge in [-0.15, -0.1) is 0 Å². The third-order valence-electron chi connectivity index (χ3n) is 7.06. The lowest BCUT2D eigenvalue weighted by Crippen LogP contribution is -2.36. The second-order valence-corrected chi connectivity index (χ2v) is 13.9. The molecule has 5 aromatic rings. The van der Waals surface area contributed by atoms with E-state index in [1.165, 1.54) is 0 Å². The lowest BCUT2D eigenvalue weighted by Gasteiger charge is -2.29. The monoisotopic (exact) mass is 634 g/mol. The van der Waals surface area contributed by atoms with Crippen molar-refractivity contribution in [1.82, 2.24) is 0 Å². The summed E-state index contributed by atoms with van der Waals surface area (Å²) in [5, 5.41) is 15.4. The van der Waals surface area contributed by atoms with Crippen LogP contribution in [-0.4, -0.2) is 29.9 Å². The Balaban J connectivity index is 1.33. The van der Waals surface area contributed by atoms with E-state index in [0.717, 1.165) is 26.8 Å². The zero-order chi connectivity index (χ0) is 30.8. The molecular weight excluding hydrogens is 602 g/mol. The summed E-state index contributed by atoms with van der Waals surface area (Å²) in [6.07, 6.45) is -1.97. The number of benzene rings is 5. The average molecular weight is 635 g/mol. The van der Waals surface area contributed by atoms with Crippen LogP contribution in [0.25, 0.3) is 0 Å². The summed E-state index contributed by atoms with van der Waals surface area (Å²) < 4.78 is 25.2. The summed E-state index contributed by atoms with van der Waals surface area (Å²) in [6, 6.07) is 49.3. The van der Waals surface area contributed by atoms with E-state index < -0.39 is 34.5 Å². The number of carbonyl (C=O) groups is 1. The lowest BCUT2D eigenvalue weighted by atomic mass is 10.2. The van der Waals surface area contributed by atoms with Crippen molar-refractivity contribution in [2.24, 2.45) is 0 Å². The molecule has 0 unspecified atom stereocenters. The van der Waals surface area contributed by atoms with Gasteiger partial charge in [0.25, 0.3) is 0 Å². The Morgan fingerprint density at radius 3 is 1.51 bits per heavy atom. The van der Waals surface area contributed by atoms with Gasteiger partial charge in [0, 0.05) is 21.2 Å². The summed E-state index contributed by atoms with van der Waals surface area (Å²) in [5.74, 6) is -1.25. The smallest absolute Gasteiger partial charge is 0.378 e. The Morgan fingerprint density at radius 1 is 0.622 bits per heavy atom. The van der Waals surface area contributed by atoms with Crippen LogP contribution in [0.2, 0.25) is 0 Å². The highest BCUT2D eigenvalue weighted by Gasteiger charge is 2.43. The molecule has 0 spiro atoms. The molecule has 6 nitrogen and oxygen atoms in total. The van der Waals surface area contributed by atoms with Gasteiger partial charge in [0.1, 0.15) is 12.7 Å². The normalized spacial score (nSPS) is 15.3. The van der Waals surface area contributed by atoms with E-state index in [0.29, 0.717) is 0 Å². The molecule has 0 fully saturated rings. The van der Waals surface area contributed by atoms with Crippen molar-refractivity contribution < 1.29 is 28.4 Å². The van der Waals surface area contributed by atoms with Crippen molar-refractivity contribution in [1.29, 1.82) is 0 Å². The van der Waals surface area contributed by atoms with Crippen molar-refractivity contribution >= 4 is 43.5 Å². The van der Waals surface area contributed by atoms with Crippen molar-refractivity contribution in [3.05, 3.63) is 169 Å².